The van der Waals surface area contributed by atoms with Gasteiger partial charge in [0.1, 0.15) is 0 Å². The Morgan fingerprint density at radius 3 is 2.60 bits per heavy atom. The third kappa shape index (κ3) is 3.58. The van der Waals surface area contributed by atoms with Crippen LogP contribution in [-0.4, -0.2) is 45.0 Å². The summed E-state index contributed by atoms with van der Waals surface area (Å²) >= 11 is 6.00. The smallest absolute Gasteiger partial charge is 0.278 e. The van der Waals surface area contributed by atoms with Crippen LogP contribution in [0.2, 0.25) is 5.02 Å². The molecule has 0 aliphatic heterocycles. The second-order valence-corrected chi connectivity index (χ2v) is 5.97. The molecule has 0 saturated carbocycles. The zero-order chi connectivity index (χ0) is 18.0. The largest absolute Gasteiger partial charge is 0.347 e. The molecule has 1 aromatic carbocycles. The summed E-state index contributed by atoms with van der Waals surface area (Å²) < 4.78 is 1.56. The Hall–Kier alpha value is -3.00. The topological polar surface area (TPSA) is 88.8 Å². The molecule has 3 rings (SSSR count). The molecule has 0 aliphatic rings. The maximum Gasteiger partial charge on any atom is 0.278 e. The van der Waals surface area contributed by atoms with Gasteiger partial charge >= 0.3 is 0 Å². The first-order valence-corrected chi connectivity index (χ1v) is 7.82. The van der Waals surface area contributed by atoms with E-state index >= 15 is 0 Å². The van der Waals surface area contributed by atoms with E-state index in [1.807, 2.05) is 26.2 Å². The normalized spacial score (nSPS) is 10.6. The maximum absolute atomic E-state index is 12.4. The third-order valence-corrected chi connectivity index (χ3v) is 3.69. The number of carbonyl (C=O) groups is 1. The molecule has 1 amide bonds. The highest BCUT2D eigenvalue weighted by Gasteiger charge is 2.18. The van der Waals surface area contributed by atoms with Gasteiger partial charge in [0.2, 0.25) is 5.95 Å². The molecule has 9 heteroatoms. The zero-order valence-corrected chi connectivity index (χ0v) is 14.7. The van der Waals surface area contributed by atoms with Crippen molar-refractivity contribution in [1.82, 2.24) is 25.0 Å². The average Bonchev–Trinajstić information content (AvgIpc) is 2.97. The number of nitrogens with one attached hydrogen (secondary N) is 1. The quantitative estimate of drug-likeness (QED) is 0.771. The molecule has 128 valence electrons. The average molecular weight is 358 g/mol. The van der Waals surface area contributed by atoms with Gasteiger partial charge in [-0.15, -0.1) is 5.10 Å². The third-order valence-electron chi connectivity index (χ3n) is 3.46. The van der Waals surface area contributed by atoms with Gasteiger partial charge in [0.25, 0.3) is 5.91 Å². The number of hydrogen-bond donors (Lipinski definition) is 1. The highest BCUT2D eigenvalue weighted by Crippen LogP contribution is 2.17. The second-order valence-electron chi connectivity index (χ2n) is 5.54. The lowest BCUT2D eigenvalue weighted by Gasteiger charge is -2.10. The van der Waals surface area contributed by atoms with E-state index in [0.29, 0.717) is 22.4 Å². The van der Waals surface area contributed by atoms with Crippen molar-refractivity contribution >= 4 is 29.1 Å². The molecule has 2 aromatic heterocycles. The van der Waals surface area contributed by atoms with Crippen LogP contribution in [0.25, 0.3) is 5.69 Å². The minimum atomic E-state index is -0.382. The number of aromatic nitrogens is 5. The van der Waals surface area contributed by atoms with E-state index in [4.69, 9.17) is 11.6 Å². The first kappa shape index (κ1) is 16.8. The minimum absolute atomic E-state index is 0.219. The number of benzene rings is 1. The first-order valence-electron chi connectivity index (χ1n) is 7.44. The lowest BCUT2D eigenvalue weighted by Crippen LogP contribution is -2.16. The number of amides is 1. The van der Waals surface area contributed by atoms with Crippen LogP contribution in [0.5, 0.6) is 0 Å². The van der Waals surface area contributed by atoms with Crippen molar-refractivity contribution in [2.24, 2.45) is 0 Å². The highest BCUT2D eigenvalue weighted by molar-refractivity contribution is 6.30. The van der Waals surface area contributed by atoms with Crippen LogP contribution in [0, 0.1) is 6.92 Å². The lowest BCUT2D eigenvalue weighted by atomic mass is 10.3. The Kier molecular flexibility index (Phi) is 4.62. The van der Waals surface area contributed by atoms with Gasteiger partial charge in [-0.2, -0.15) is 0 Å². The van der Waals surface area contributed by atoms with Crippen molar-refractivity contribution in [1.29, 1.82) is 0 Å². The molecule has 8 nitrogen and oxygen atoms in total. The van der Waals surface area contributed by atoms with Crippen LogP contribution < -0.4 is 10.2 Å². The van der Waals surface area contributed by atoms with Gasteiger partial charge in [-0.05, 0) is 25.1 Å². The van der Waals surface area contributed by atoms with Crippen molar-refractivity contribution in [2.75, 3.05) is 24.3 Å². The molecule has 0 unspecified atom stereocenters. The van der Waals surface area contributed by atoms with Crippen molar-refractivity contribution in [3.8, 4) is 5.69 Å². The molecule has 0 atom stereocenters. The van der Waals surface area contributed by atoms with Gasteiger partial charge in [0, 0.05) is 19.1 Å². The molecular formula is C16H16ClN7O. The Morgan fingerprint density at radius 2 is 1.96 bits per heavy atom. The fourth-order valence-electron chi connectivity index (χ4n) is 2.20. The van der Waals surface area contributed by atoms with E-state index in [-0.39, 0.29) is 11.6 Å². The standard InChI is InChI=1S/C16H16ClN7O/c1-10-14(21-22-24(10)13-6-4-5-11(17)7-13)15(25)20-12-8-18-16(19-9-12)23(2)3/h4-9H,1-3H3,(H,20,25). The monoisotopic (exact) mass is 357 g/mol. The summed E-state index contributed by atoms with van der Waals surface area (Å²) in [5, 5.41) is 11.3. The van der Waals surface area contributed by atoms with Crippen molar-refractivity contribution in [3.63, 3.8) is 0 Å². The van der Waals surface area contributed by atoms with Crippen LogP contribution in [0.3, 0.4) is 0 Å². The predicted octanol–water partition coefficient (Wildman–Crippen LogP) is 2.34. The Labute approximate surface area is 149 Å². The highest BCUT2D eigenvalue weighted by atomic mass is 35.5. The van der Waals surface area contributed by atoms with Crippen LogP contribution in [0.1, 0.15) is 16.2 Å². The van der Waals surface area contributed by atoms with Gasteiger partial charge in [-0.3, -0.25) is 4.79 Å². The number of nitrogens with zero attached hydrogens (tertiary/aromatic N) is 6. The van der Waals surface area contributed by atoms with E-state index < -0.39 is 0 Å². The first-order chi connectivity index (χ1) is 12.0. The summed E-state index contributed by atoms with van der Waals surface area (Å²) in [6, 6.07) is 7.16. The van der Waals surface area contributed by atoms with E-state index in [1.54, 1.807) is 28.6 Å². The molecule has 3 aromatic rings. The summed E-state index contributed by atoms with van der Waals surface area (Å²) in [7, 11) is 3.68. The number of anilines is 2. The summed E-state index contributed by atoms with van der Waals surface area (Å²) in [5.74, 6) is 0.174. The van der Waals surface area contributed by atoms with E-state index in [9.17, 15) is 4.79 Å². The number of rotatable bonds is 4. The second kappa shape index (κ2) is 6.86. The van der Waals surface area contributed by atoms with Crippen molar-refractivity contribution < 1.29 is 4.79 Å². The van der Waals surface area contributed by atoms with Gasteiger partial charge in [0.15, 0.2) is 5.69 Å². The van der Waals surface area contributed by atoms with Crippen molar-refractivity contribution in [2.45, 2.75) is 6.92 Å². The Morgan fingerprint density at radius 1 is 1.24 bits per heavy atom. The maximum atomic E-state index is 12.4. The molecule has 0 fully saturated rings. The summed E-state index contributed by atoms with van der Waals surface area (Å²) in [6.07, 6.45) is 3.08. The summed E-state index contributed by atoms with van der Waals surface area (Å²) in [4.78, 5) is 22.5. The molecule has 1 N–H and O–H groups in total. The van der Waals surface area contributed by atoms with Crippen LogP contribution in [0.4, 0.5) is 11.6 Å². The van der Waals surface area contributed by atoms with Gasteiger partial charge in [-0.25, -0.2) is 14.6 Å². The number of carbonyl (C=O) groups excluding carboxylic acids is 1. The van der Waals surface area contributed by atoms with E-state index in [2.05, 4.69) is 25.6 Å². The van der Waals surface area contributed by atoms with Gasteiger partial charge < -0.3 is 10.2 Å². The molecule has 0 saturated heterocycles. The fraction of sp³-hybridized carbons (Fsp3) is 0.188. The van der Waals surface area contributed by atoms with Crippen LogP contribution >= 0.6 is 11.6 Å². The fourth-order valence-corrected chi connectivity index (χ4v) is 2.38. The molecular weight excluding hydrogens is 342 g/mol. The molecule has 0 aliphatic carbocycles. The molecule has 0 bridgehead atoms. The van der Waals surface area contributed by atoms with E-state index in [0.717, 1.165) is 5.69 Å². The molecule has 2 heterocycles. The van der Waals surface area contributed by atoms with Gasteiger partial charge in [0.05, 0.1) is 29.5 Å². The minimum Gasteiger partial charge on any atom is -0.347 e. The Balaban J connectivity index is 1.81. The molecule has 0 spiro atoms. The SMILES string of the molecule is Cc1c(C(=O)Nc2cnc(N(C)C)nc2)nnn1-c1cccc(Cl)c1. The van der Waals surface area contributed by atoms with Crippen LogP contribution in [0.15, 0.2) is 36.7 Å². The van der Waals surface area contributed by atoms with Crippen molar-refractivity contribution in [3.05, 3.63) is 53.1 Å². The predicted molar refractivity (Wildman–Crippen MR) is 95.4 cm³/mol. The number of halogens is 1. The molecule has 0 radical (unpaired) electrons. The number of hydrogen-bond acceptors (Lipinski definition) is 6. The lowest BCUT2D eigenvalue weighted by molar-refractivity contribution is 0.102. The van der Waals surface area contributed by atoms with E-state index in [1.165, 1.54) is 12.4 Å². The summed E-state index contributed by atoms with van der Waals surface area (Å²) in [5.41, 5.74) is 2.03. The zero-order valence-electron chi connectivity index (χ0n) is 13.9. The van der Waals surface area contributed by atoms with Gasteiger partial charge in [-0.1, -0.05) is 22.9 Å². The summed E-state index contributed by atoms with van der Waals surface area (Å²) in [6.45, 7) is 1.77. The Bertz CT molecular complexity index is 905. The molecule has 25 heavy (non-hydrogen) atoms. The van der Waals surface area contributed by atoms with Crippen LogP contribution in [-0.2, 0) is 0 Å².